The lowest BCUT2D eigenvalue weighted by Crippen LogP contribution is -2.42. The second-order valence-corrected chi connectivity index (χ2v) is 9.76. The Morgan fingerprint density at radius 1 is 1.11 bits per heavy atom. The molecule has 0 saturated carbocycles. The van der Waals surface area contributed by atoms with E-state index in [0.29, 0.717) is 37.3 Å². The second kappa shape index (κ2) is 11.0. The summed E-state index contributed by atoms with van der Waals surface area (Å²) in [6, 6.07) is 13.8. The third-order valence-electron chi connectivity index (χ3n) is 6.77. The van der Waals surface area contributed by atoms with Gasteiger partial charge in [0.2, 0.25) is 5.91 Å². The van der Waals surface area contributed by atoms with Crippen LogP contribution >= 0.6 is 0 Å². The van der Waals surface area contributed by atoms with Crippen LogP contribution in [0, 0.1) is 5.92 Å². The van der Waals surface area contributed by atoms with E-state index in [1.807, 2.05) is 54.3 Å². The largest absolute Gasteiger partial charge is 0.392 e. The number of carbonyl (C=O) groups is 2. The number of aliphatic hydroxyl groups excluding tert-OH is 1. The topological polar surface area (TPSA) is 99.2 Å². The molecule has 0 aromatic heterocycles. The van der Waals surface area contributed by atoms with Crippen molar-refractivity contribution in [2.24, 2.45) is 16.6 Å². The summed E-state index contributed by atoms with van der Waals surface area (Å²) in [6.07, 6.45) is 3.36. The minimum atomic E-state index is -0.575. The van der Waals surface area contributed by atoms with Gasteiger partial charge in [-0.3, -0.25) is 9.59 Å². The Labute approximate surface area is 207 Å². The molecule has 0 aliphatic carbocycles. The van der Waals surface area contributed by atoms with Gasteiger partial charge in [0.1, 0.15) is 5.84 Å². The van der Waals surface area contributed by atoms with Gasteiger partial charge in [0.15, 0.2) is 0 Å². The molecule has 2 unspecified atom stereocenters. The van der Waals surface area contributed by atoms with Crippen LogP contribution in [0.3, 0.4) is 0 Å². The summed E-state index contributed by atoms with van der Waals surface area (Å²) in [7, 11) is 0. The number of nitrogens with zero attached hydrogens (tertiary/aromatic N) is 3. The van der Waals surface area contributed by atoms with Gasteiger partial charge in [-0.15, -0.1) is 0 Å². The standard InChI is InChI=1S/C28H36N4O3/c1-3-12-32(18-19(2)33)28(35)24-15-23-11-10-22(16-25(23)30-26(29)17-24)20-6-8-21(9-7-20)27(34)31-13-4-5-14-31/h6-11,16,19,24,33H,3-5,12-15,17-18H2,1-2H3,(H2,29,30). The van der Waals surface area contributed by atoms with Gasteiger partial charge in [-0.25, -0.2) is 4.99 Å². The predicted molar refractivity (Wildman–Crippen MR) is 139 cm³/mol. The maximum atomic E-state index is 13.3. The summed E-state index contributed by atoms with van der Waals surface area (Å²) < 4.78 is 0. The third-order valence-corrected chi connectivity index (χ3v) is 6.77. The van der Waals surface area contributed by atoms with Crippen molar-refractivity contribution in [3.8, 4) is 11.1 Å². The van der Waals surface area contributed by atoms with E-state index in [1.165, 1.54) is 0 Å². The summed E-state index contributed by atoms with van der Waals surface area (Å²) >= 11 is 0. The lowest BCUT2D eigenvalue weighted by molar-refractivity contribution is -0.136. The number of hydrogen-bond acceptors (Lipinski definition) is 5. The molecule has 7 heteroatoms. The van der Waals surface area contributed by atoms with E-state index in [9.17, 15) is 14.7 Å². The van der Waals surface area contributed by atoms with Crippen LogP contribution in [0.5, 0.6) is 0 Å². The lowest BCUT2D eigenvalue weighted by atomic mass is 9.93. The van der Waals surface area contributed by atoms with Crippen LogP contribution in [0.4, 0.5) is 5.69 Å². The zero-order valence-corrected chi connectivity index (χ0v) is 20.7. The quantitative estimate of drug-likeness (QED) is 0.636. The summed E-state index contributed by atoms with van der Waals surface area (Å²) in [4.78, 5) is 34.2. The van der Waals surface area contributed by atoms with Gasteiger partial charge in [0.05, 0.1) is 11.8 Å². The Bertz CT molecular complexity index is 1090. The van der Waals surface area contributed by atoms with Gasteiger partial charge in [-0.05, 0) is 67.5 Å². The zero-order valence-electron chi connectivity index (χ0n) is 20.7. The monoisotopic (exact) mass is 476 g/mol. The highest BCUT2D eigenvalue weighted by atomic mass is 16.3. The number of nitrogens with two attached hydrogens (primary N) is 1. The first-order valence-corrected chi connectivity index (χ1v) is 12.7. The van der Waals surface area contributed by atoms with Crippen LogP contribution in [0.15, 0.2) is 47.5 Å². The van der Waals surface area contributed by atoms with Crippen LogP contribution in [-0.2, 0) is 11.2 Å². The van der Waals surface area contributed by atoms with Crippen molar-refractivity contribution >= 4 is 23.3 Å². The van der Waals surface area contributed by atoms with E-state index >= 15 is 0 Å². The molecule has 2 heterocycles. The molecule has 4 rings (SSSR count). The van der Waals surface area contributed by atoms with E-state index in [0.717, 1.165) is 54.7 Å². The Hall–Kier alpha value is -3.19. The fourth-order valence-corrected chi connectivity index (χ4v) is 5.03. The SMILES string of the molecule is CCCN(CC(C)O)C(=O)C1CC(N)=Nc2cc(-c3ccc(C(=O)N4CCCC4)cc3)ccc2C1. The summed E-state index contributed by atoms with van der Waals surface area (Å²) in [5, 5.41) is 9.84. The van der Waals surface area contributed by atoms with E-state index in [1.54, 1.807) is 11.8 Å². The van der Waals surface area contributed by atoms with Gasteiger partial charge in [-0.2, -0.15) is 0 Å². The molecule has 0 radical (unpaired) electrons. The second-order valence-electron chi connectivity index (χ2n) is 9.76. The van der Waals surface area contributed by atoms with Gasteiger partial charge < -0.3 is 20.6 Å². The third kappa shape index (κ3) is 5.90. The van der Waals surface area contributed by atoms with Crippen LogP contribution in [0.25, 0.3) is 11.1 Å². The molecule has 2 atom stereocenters. The van der Waals surface area contributed by atoms with Gasteiger partial charge in [0, 0.05) is 44.1 Å². The highest BCUT2D eigenvalue weighted by Crippen LogP contribution is 2.33. The molecule has 35 heavy (non-hydrogen) atoms. The molecular formula is C28H36N4O3. The van der Waals surface area contributed by atoms with Gasteiger partial charge in [0.25, 0.3) is 5.91 Å². The molecule has 2 aromatic rings. The molecule has 0 bridgehead atoms. The molecule has 2 amide bonds. The van der Waals surface area contributed by atoms with E-state index < -0.39 is 6.10 Å². The van der Waals surface area contributed by atoms with Crippen molar-refractivity contribution in [1.29, 1.82) is 0 Å². The van der Waals surface area contributed by atoms with Crippen LogP contribution in [0.1, 0.15) is 55.5 Å². The number of likely N-dealkylation sites (tertiary alicyclic amines) is 1. The van der Waals surface area contributed by atoms with Crippen molar-refractivity contribution in [1.82, 2.24) is 9.80 Å². The Morgan fingerprint density at radius 2 is 1.80 bits per heavy atom. The van der Waals surface area contributed by atoms with Crippen molar-refractivity contribution in [2.75, 3.05) is 26.2 Å². The van der Waals surface area contributed by atoms with Crippen molar-refractivity contribution in [3.05, 3.63) is 53.6 Å². The molecular weight excluding hydrogens is 440 g/mol. The van der Waals surface area contributed by atoms with Crippen molar-refractivity contribution < 1.29 is 14.7 Å². The molecule has 3 N–H and O–H groups in total. The normalized spacial score (nSPS) is 18.4. The number of benzene rings is 2. The van der Waals surface area contributed by atoms with Crippen LogP contribution in [-0.4, -0.2) is 64.8 Å². The Balaban J connectivity index is 1.53. The lowest BCUT2D eigenvalue weighted by Gasteiger charge is -2.27. The molecule has 2 aromatic carbocycles. The first-order chi connectivity index (χ1) is 16.9. The molecule has 1 fully saturated rings. The summed E-state index contributed by atoms with van der Waals surface area (Å²) in [6.45, 7) is 6.33. The Kier molecular flexibility index (Phi) is 7.86. The number of fused-ring (bicyclic) bond motifs is 1. The minimum absolute atomic E-state index is 0.0149. The van der Waals surface area contributed by atoms with Crippen molar-refractivity contribution in [2.45, 2.75) is 52.1 Å². The highest BCUT2D eigenvalue weighted by molar-refractivity contribution is 5.95. The molecule has 186 valence electrons. The summed E-state index contributed by atoms with van der Waals surface area (Å²) in [5.41, 5.74) is 10.7. The number of amides is 2. The average molecular weight is 477 g/mol. The zero-order chi connectivity index (χ0) is 24.9. The maximum absolute atomic E-state index is 13.3. The highest BCUT2D eigenvalue weighted by Gasteiger charge is 2.29. The number of aliphatic hydroxyl groups is 1. The first-order valence-electron chi connectivity index (χ1n) is 12.7. The van der Waals surface area contributed by atoms with Crippen LogP contribution < -0.4 is 5.73 Å². The average Bonchev–Trinajstić information content (AvgIpc) is 3.32. The Morgan fingerprint density at radius 3 is 2.46 bits per heavy atom. The number of carbonyl (C=O) groups excluding carboxylic acids is 2. The summed E-state index contributed by atoms with van der Waals surface area (Å²) in [5.74, 6) is 0.254. The molecule has 2 aliphatic rings. The van der Waals surface area contributed by atoms with E-state index in [2.05, 4.69) is 4.99 Å². The van der Waals surface area contributed by atoms with E-state index in [4.69, 9.17) is 5.73 Å². The smallest absolute Gasteiger partial charge is 0.253 e. The fraction of sp³-hybridized carbons (Fsp3) is 0.464. The van der Waals surface area contributed by atoms with Gasteiger partial charge >= 0.3 is 0 Å². The predicted octanol–water partition coefficient (Wildman–Crippen LogP) is 3.76. The number of hydrogen-bond donors (Lipinski definition) is 2. The number of amidine groups is 1. The number of rotatable bonds is 7. The molecule has 0 spiro atoms. The van der Waals surface area contributed by atoms with Crippen LogP contribution in [0.2, 0.25) is 0 Å². The first kappa shape index (κ1) is 24.9. The maximum Gasteiger partial charge on any atom is 0.253 e. The fourth-order valence-electron chi connectivity index (χ4n) is 5.03. The minimum Gasteiger partial charge on any atom is -0.392 e. The molecule has 7 nitrogen and oxygen atoms in total. The van der Waals surface area contributed by atoms with E-state index in [-0.39, 0.29) is 17.7 Å². The number of aliphatic imine (C=N–C) groups is 1. The molecule has 2 aliphatic heterocycles. The molecule has 1 saturated heterocycles. The van der Waals surface area contributed by atoms with Crippen molar-refractivity contribution in [3.63, 3.8) is 0 Å². The van der Waals surface area contributed by atoms with Gasteiger partial charge in [-0.1, -0.05) is 31.2 Å².